The maximum absolute atomic E-state index is 12.4. The summed E-state index contributed by atoms with van der Waals surface area (Å²) in [5.74, 6) is 0.559. The van der Waals surface area contributed by atoms with Gasteiger partial charge >= 0.3 is 0 Å². The minimum absolute atomic E-state index is 0.0606. The van der Waals surface area contributed by atoms with Gasteiger partial charge in [-0.2, -0.15) is 0 Å². The van der Waals surface area contributed by atoms with E-state index in [2.05, 4.69) is 22.2 Å². The Kier molecular flexibility index (Phi) is 5.87. The average Bonchev–Trinajstić information content (AvgIpc) is 3.37. The lowest BCUT2D eigenvalue weighted by Crippen LogP contribution is -2.47. The quantitative estimate of drug-likeness (QED) is 0.806. The highest BCUT2D eigenvalue weighted by molar-refractivity contribution is 6.32. The Morgan fingerprint density at radius 1 is 1.28 bits per heavy atom. The molecule has 1 heterocycles. The maximum Gasteiger partial charge on any atom is 0.251 e. The van der Waals surface area contributed by atoms with Gasteiger partial charge in [0, 0.05) is 50.2 Å². The second-order valence-electron chi connectivity index (χ2n) is 7.34. The van der Waals surface area contributed by atoms with Crippen LogP contribution in [0, 0.1) is 5.41 Å². The van der Waals surface area contributed by atoms with Crippen molar-refractivity contribution in [2.24, 2.45) is 5.41 Å². The van der Waals surface area contributed by atoms with Gasteiger partial charge in [0.2, 0.25) is 0 Å². The van der Waals surface area contributed by atoms with Crippen LogP contribution in [0.25, 0.3) is 0 Å². The molecule has 0 aromatic heterocycles. The molecule has 1 aromatic carbocycles. The number of nitrogens with one attached hydrogen (secondary N) is 1. The molecule has 0 atom stereocenters. The number of nitrogens with zero attached hydrogens (tertiary/aromatic N) is 2. The Morgan fingerprint density at radius 3 is 2.60 bits per heavy atom. The van der Waals surface area contributed by atoms with Gasteiger partial charge < -0.3 is 19.9 Å². The summed E-state index contributed by atoms with van der Waals surface area (Å²) >= 11 is 6.18. The third kappa shape index (κ3) is 4.87. The lowest BCUT2D eigenvalue weighted by molar-refractivity contribution is 0.0927. The smallest absolute Gasteiger partial charge is 0.251 e. The number of carbonyl (C=O) groups is 1. The van der Waals surface area contributed by atoms with Crippen molar-refractivity contribution in [1.82, 2.24) is 15.1 Å². The van der Waals surface area contributed by atoms with E-state index in [0.29, 0.717) is 22.9 Å². The number of benzene rings is 1. The zero-order chi connectivity index (χ0) is 17.9. The lowest BCUT2D eigenvalue weighted by Gasteiger charge is -2.34. The summed E-state index contributed by atoms with van der Waals surface area (Å²) in [7, 11) is 2.17. The van der Waals surface area contributed by atoms with Gasteiger partial charge in [-0.25, -0.2) is 0 Å². The molecule has 5 nitrogen and oxygen atoms in total. The van der Waals surface area contributed by atoms with Gasteiger partial charge in [-0.1, -0.05) is 11.6 Å². The molecule has 1 amide bonds. The van der Waals surface area contributed by atoms with Crippen molar-refractivity contribution in [1.29, 1.82) is 0 Å². The van der Waals surface area contributed by atoms with E-state index < -0.39 is 0 Å². The molecule has 0 radical (unpaired) electrons. The number of amides is 1. The summed E-state index contributed by atoms with van der Waals surface area (Å²) in [6.07, 6.45) is 2.40. The number of likely N-dealkylation sites (N-methyl/N-ethyl adjacent to an activating group) is 1. The first-order chi connectivity index (χ1) is 12.0. The molecule has 0 spiro atoms. The van der Waals surface area contributed by atoms with E-state index in [-0.39, 0.29) is 11.3 Å². The molecular weight excluding hydrogens is 338 g/mol. The van der Waals surface area contributed by atoms with E-state index in [1.54, 1.807) is 18.2 Å². The van der Waals surface area contributed by atoms with Crippen LogP contribution in [0.5, 0.6) is 5.75 Å². The highest BCUT2D eigenvalue weighted by Gasteiger charge is 2.44. The molecule has 6 heteroatoms. The van der Waals surface area contributed by atoms with Crippen molar-refractivity contribution in [2.45, 2.75) is 19.8 Å². The summed E-state index contributed by atoms with van der Waals surface area (Å²) in [6, 6.07) is 5.21. The monoisotopic (exact) mass is 365 g/mol. The van der Waals surface area contributed by atoms with Gasteiger partial charge in [0.15, 0.2) is 0 Å². The molecule has 2 aliphatic rings. The van der Waals surface area contributed by atoms with Crippen LogP contribution in [0.4, 0.5) is 0 Å². The van der Waals surface area contributed by atoms with E-state index >= 15 is 0 Å². The second-order valence-corrected chi connectivity index (χ2v) is 7.75. The fourth-order valence-electron chi connectivity index (χ4n) is 3.33. The standard InChI is InChI=1S/C19H28ClN3O2/c1-3-25-17-5-4-15(12-16(17)20)18(24)21-13-19(6-7-19)14-23-10-8-22(2)9-11-23/h4-5,12H,3,6-11,13-14H2,1-2H3,(H,21,24). The van der Waals surface area contributed by atoms with Gasteiger partial charge in [0.05, 0.1) is 11.6 Å². The Bertz CT molecular complexity index is 611. The Labute approximate surface area is 155 Å². The van der Waals surface area contributed by atoms with Crippen LogP contribution < -0.4 is 10.1 Å². The van der Waals surface area contributed by atoms with E-state index in [9.17, 15) is 4.79 Å². The first-order valence-corrected chi connectivity index (χ1v) is 9.51. The minimum Gasteiger partial charge on any atom is -0.492 e. The van der Waals surface area contributed by atoms with Crippen molar-refractivity contribution in [2.75, 3.05) is 52.9 Å². The van der Waals surface area contributed by atoms with E-state index in [0.717, 1.165) is 39.3 Å². The summed E-state index contributed by atoms with van der Waals surface area (Å²) in [5.41, 5.74) is 0.851. The van der Waals surface area contributed by atoms with Crippen molar-refractivity contribution in [3.63, 3.8) is 0 Å². The average molecular weight is 366 g/mol. The van der Waals surface area contributed by atoms with Crippen LogP contribution in [0.3, 0.4) is 0 Å². The summed E-state index contributed by atoms with van der Waals surface area (Å²) < 4.78 is 5.42. The number of hydrogen-bond donors (Lipinski definition) is 1. The summed E-state index contributed by atoms with van der Waals surface area (Å²) in [4.78, 5) is 17.3. The van der Waals surface area contributed by atoms with Crippen molar-refractivity contribution < 1.29 is 9.53 Å². The Morgan fingerprint density at radius 2 is 2.00 bits per heavy atom. The molecular formula is C19H28ClN3O2. The fraction of sp³-hybridized carbons (Fsp3) is 0.632. The molecule has 1 aliphatic carbocycles. The van der Waals surface area contributed by atoms with Crippen molar-refractivity contribution in [3.05, 3.63) is 28.8 Å². The molecule has 0 bridgehead atoms. The van der Waals surface area contributed by atoms with Crippen molar-refractivity contribution in [3.8, 4) is 5.75 Å². The highest BCUT2D eigenvalue weighted by atomic mass is 35.5. The van der Waals surface area contributed by atoms with Crippen LogP contribution in [0.1, 0.15) is 30.1 Å². The third-order valence-corrected chi connectivity index (χ3v) is 5.53. The molecule has 1 saturated carbocycles. The van der Waals surface area contributed by atoms with E-state index in [1.165, 1.54) is 12.8 Å². The van der Waals surface area contributed by atoms with Gasteiger partial charge in [-0.15, -0.1) is 0 Å². The van der Waals surface area contributed by atoms with Crippen LogP contribution in [-0.4, -0.2) is 68.6 Å². The normalized spacial score (nSPS) is 20.3. The fourth-order valence-corrected chi connectivity index (χ4v) is 3.57. The van der Waals surface area contributed by atoms with Crippen molar-refractivity contribution >= 4 is 17.5 Å². The van der Waals surface area contributed by atoms with Gasteiger partial charge in [-0.3, -0.25) is 4.79 Å². The number of halogens is 1. The second kappa shape index (κ2) is 7.94. The van der Waals surface area contributed by atoms with Crippen LogP contribution in [0.2, 0.25) is 5.02 Å². The molecule has 2 fully saturated rings. The molecule has 138 valence electrons. The molecule has 1 saturated heterocycles. The molecule has 25 heavy (non-hydrogen) atoms. The minimum atomic E-state index is -0.0606. The SMILES string of the molecule is CCOc1ccc(C(=O)NCC2(CN3CCN(C)CC3)CC2)cc1Cl. The molecule has 1 aliphatic heterocycles. The lowest BCUT2D eigenvalue weighted by atomic mass is 10.1. The van der Waals surface area contributed by atoms with Crippen LogP contribution >= 0.6 is 11.6 Å². The zero-order valence-electron chi connectivity index (χ0n) is 15.2. The maximum atomic E-state index is 12.4. The first kappa shape index (κ1) is 18.5. The van der Waals surface area contributed by atoms with Gasteiger partial charge in [-0.05, 0) is 45.0 Å². The molecule has 1 aromatic rings. The number of carbonyl (C=O) groups excluding carboxylic acids is 1. The predicted molar refractivity (Wildman–Crippen MR) is 101 cm³/mol. The largest absolute Gasteiger partial charge is 0.492 e. The van der Waals surface area contributed by atoms with Gasteiger partial charge in [0.1, 0.15) is 5.75 Å². The van der Waals surface area contributed by atoms with E-state index in [4.69, 9.17) is 16.3 Å². The number of piperazine rings is 1. The Hall–Kier alpha value is -1.30. The first-order valence-electron chi connectivity index (χ1n) is 9.13. The van der Waals surface area contributed by atoms with E-state index in [1.807, 2.05) is 6.92 Å². The third-order valence-electron chi connectivity index (χ3n) is 5.23. The summed E-state index contributed by atoms with van der Waals surface area (Å²) in [5, 5.41) is 3.58. The topological polar surface area (TPSA) is 44.8 Å². The number of rotatable bonds is 7. The number of ether oxygens (including phenoxy) is 1. The Balaban J connectivity index is 1.51. The van der Waals surface area contributed by atoms with Crippen LogP contribution in [0.15, 0.2) is 18.2 Å². The number of hydrogen-bond acceptors (Lipinski definition) is 4. The highest BCUT2D eigenvalue weighted by Crippen LogP contribution is 2.45. The molecule has 3 rings (SSSR count). The summed E-state index contributed by atoms with van der Waals surface area (Å²) in [6.45, 7) is 8.81. The molecule has 1 N–H and O–H groups in total. The zero-order valence-corrected chi connectivity index (χ0v) is 15.9. The predicted octanol–water partition coefficient (Wildman–Crippen LogP) is 2.50. The molecule has 0 unspecified atom stereocenters. The van der Waals surface area contributed by atoms with Crippen LogP contribution in [-0.2, 0) is 0 Å². The van der Waals surface area contributed by atoms with Gasteiger partial charge in [0.25, 0.3) is 5.91 Å².